The summed E-state index contributed by atoms with van der Waals surface area (Å²) in [5.74, 6) is 2.41. The Morgan fingerprint density at radius 1 is 1.17 bits per heavy atom. The van der Waals surface area contributed by atoms with Gasteiger partial charge in [0.25, 0.3) is 5.91 Å². The smallest absolute Gasteiger partial charge is 0.255 e. The lowest BCUT2D eigenvalue weighted by molar-refractivity contribution is -0.119. The van der Waals surface area contributed by atoms with Crippen molar-refractivity contribution in [3.05, 3.63) is 53.1 Å². The van der Waals surface area contributed by atoms with Crippen molar-refractivity contribution in [3.8, 4) is 17.2 Å². The Morgan fingerprint density at radius 2 is 1.90 bits per heavy atom. The zero-order chi connectivity index (χ0) is 21.5. The molecule has 1 aliphatic heterocycles. The number of aliphatic imine (C=N–C) groups is 1. The number of rotatable bonds is 7. The monoisotopic (exact) mass is 412 g/mol. The van der Waals surface area contributed by atoms with E-state index in [9.17, 15) is 4.79 Å². The number of methoxy groups -OCH3 is 2. The maximum Gasteiger partial charge on any atom is 0.255 e. The number of fused-ring (bicyclic) bond motifs is 1. The number of guanidine groups is 1. The third kappa shape index (κ3) is 5.14. The number of primary amides is 1. The number of nitrogens with one attached hydrogen (secondary N) is 1. The molecule has 2 aromatic carbocycles. The van der Waals surface area contributed by atoms with Crippen LogP contribution in [-0.4, -0.2) is 51.2 Å². The second kappa shape index (κ2) is 9.87. The van der Waals surface area contributed by atoms with Gasteiger partial charge in [-0.05, 0) is 47.4 Å². The highest BCUT2D eigenvalue weighted by molar-refractivity contribution is 5.80. The lowest BCUT2D eigenvalue weighted by atomic mass is 9.99. The highest BCUT2D eigenvalue weighted by Gasteiger charge is 2.21. The van der Waals surface area contributed by atoms with Crippen LogP contribution in [0.25, 0.3) is 0 Å². The van der Waals surface area contributed by atoms with Gasteiger partial charge in [-0.1, -0.05) is 12.1 Å². The molecule has 160 valence electrons. The molecule has 1 amide bonds. The van der Waals surface area contributed by atoms with Crippen LogP contribution < -0.4 is 25.3 Å². The predicted octanol–water partition coefficient (Wildman–Crippen LogP) is 1.70. The molecule has 3 rings (SSSR count). The minimum Gasteiger partial charge on any atom is -0.493 e. The second-order valence-electron chi connectivity index (χ2n) is 6.95. The van der Waals surface area contributed by atoms with Crippen LogP contribution in [-0.2, 0) is 24.3 Å². The molecule has 2 aromatic rings. The molecular formula is C22H28N4O4. The van der Waals surface area contributed by atoms with Crippen molar-refractivity contribution < 1.29 is 19.0 Å². The summed E-state index contributed by atoms with van der Waals surface area (Å²) < 4.78 is 16.2. The van der Waals surface area contributed by atoms with Crippen molar-refractivity contribution in [1.29, 1.82) is 0 Å². The van der Waals surface area contributed by atoms with Crippen LogP contribution in [0, 0.1) is 0 Å². The molecule has 8 heteroatoms. The van der Waals surface area contributed by atoms with Gasteiger partial charge in [0.05, 0.1) is 14.2 Å². The minimum absolute atomic E-state index is 0.139. The van der Waals surface area contributed by atoms with E-state index < -0.39 is 5.91 Å². The molecular weight excluding hydrogens is 384 g/mol. The van der Waals surface area contributed by atoms with Crippen molar-refractivity contribution >= 4 is 11.9 Å². The summed E-state index contributed by atoms with van der Waals surface area (Å²) in [4.78, 5) is 17.6. The van der Waals surface area contributed by atoms with Crippen molar-refractivity contribution in [3.63, 3.8) is 0 Å². The van der Waals surface area contributed by atoms with Gasteiger partial charge < -0.3 is 30.2 Å². The number of benzene rings is 2. The van der Waals surface area contributed by atoms with E-state index in [1.165, 1.54) is 11.1 Å². The molecule has 0 aromatic heterocycles. The fraction of sp³-hybridized carbons (Fsp3) is 0.364. The zero-order valence-corrected chi connectivity index (χ0v) is 17.6. The molecule has 0 saturated carbocycles. The van der Waals surface area contributed by atoms with Gasteiger partial charge in [0.1, 0.15) is 5.75 Å². The summed E-state index contributed by atoms with van der Waals surface area (Å²) in [6.07, 6.45) is 0.896. The number of ether oxygens (including phenoxy) is 3. The summed E-state index contributed by atoms with van der Waals surface area (Å²) in [6, 6.07) is 11.6. The maximum absolute atomic E-state index is 10.9. The van der Waals surface area contributed by atoms with E-state index in [4.69, 9.17) is 19.9 Å². The van der Waals surface area contributed by atoms with E-state index in [-0.39, 0.29) is 6.61 Å². The Hall–Kier alpha value is -3.42. The maximum atomic E-state index is 10.9. The van der Waals surface area contributed by atoms with E-state index in [2.05, 4.69) is 21.3 Å². The molecule has 1 aliphatic rings. The van der Waals surface area contributed by atoms with Gasteiger partial charge in [0.2, 0.25) is 0 Å². The topological polar surface area (TPSA) is 98.4 Å². The van der Waals surface area contributed by atoms with E-state index in [0.29, 0.717) is 12.3 Å². The van der Waals surface area contributed by atoms with Gasteiger partial charge in [0, 0.05) is 26.7 Å². The van der Waals surface area contributed by atoms with Gasteiger partial charge in [-0.2, -0.15) is 0 Å². The standard InChI is InChI=1S/C22H28N4O4/c1-24-22(25-12-15-5-4-6-18(9-15)30-14-21(23)27)26-8-7-16-10-19(28-2)20(29-3)11-17(16)13-26/h4-6,9-11H,7-8,12-14H2,1-3H3,(H2,23,27)(H,24,25). The third-order valence-corrected chi connectivity index (χ3v) is 4.96. The number of nitrogens with two attached hydrogens (primary N) is 1. The average molecular weight is 412 g/mol. The molecule has 0 atom stereocenters. The van der Waals surface area contributed by atoms with Crippen molar-refractivity contribution in [2.24, 2.45) is 10.7 Å². The molecule has 1 heterocycles. The van der Waals surface area contributed by atoms with Crippen LogP contribution in [0.15, 0.2) is 41.4 Å². The van der Waals surface area contributed by atoms with Crippen molar-refractivity contribution in [2.45, 2.75) is 19.5 Å². The highest BCUT2D eigenvalue weighted by Crippen LogP contribution is 2.33. The quantitative estimate of drug-likeness (QED) is 0.531. The molecule has 0 fully saturated rings. The Morgan fingerprint density at radius 3 is 2.57 bits per heavy atom. The van der Waals surface area contributed by atoms with Gasteiger partial charge >= 0.3 is 0 Å². The highest BCUT2D eigenvalue weighted by atomic mass is 16.5. The largest absolute Gasteiger partial charge is 0.493 e. The normalized spacial score (nSPS) is 13.4. The third-order valence-electron chi connectivity index (χ3n) is 4.96. The molecule has 0 unspecified atom stereocenters. The Labute approximate surface area is 176 Å². The van der Waals surface area contributed by atoms with E-state index in [0.717, 1.165) is 42.5 Å². The lowest BCUT2D eigenvalue weighted by Gasteiger charge is -2.32. The predicted molar refractivity (Wildman–Crippen MR) is 115 cm³/mol. The number of hydrogen-bond acceptors (Lipinski definition) is 5. The summed E-state index contributed by atoms with van der Waals surface area (Å²) in [5.41, 5.74) is 8.61. The molecule has 0 radical (unpaired) electrons. The lowest BCUT2D eigenvalue weighted by Crippen LogP contribution is -2.43. The van der Waals surface area contributed by atoms with Crippen LogP contribution in [0.3, 0.4) is 0 Å². The molecule has 0 bridgehead atoms. The van der Waals surface area contributed by atoms with E-state index >= 15 is 0 Å². The van der Waals surface area contributed by atoms with Gasteiger partial charge in [-0.25, -0.2) is 0 Å². The molecule has 0 spiro atoms. The first-order chi connectivity index (χ1) is 14.5. The number of carbonyl (C=O) groups is 1. The Bertz CT molecular complexity index is 929. The molecule has 3 N–H and O–H groups in total. The molecule has 30 heavy (non-hydrogen) atoms. The van der Waals surface area contributed by atoms with Crippen LogP contribution in [0.2, 0.25) is 0 Å². The fourth-order valence-electron chi connectivity index (χ4n) is 3.48. The number of amides is 1. The summed E-state index contributed by atoms with van der Waals surface area (Å²) in [7, 11) is 5.07. The van der Waals surface area contributed by atoms with Crippen LogP contribution in [0.4, 0.5) is 0 Å². The van der Waals surface area contributed by atoms with Crippen molar-refractivity contribution in [1.82, 2.24) is 10.2 Å². The van der Waals surface area contributed by atoms with Crippen LogP contribution in [0.1, 0.15) is 16.7 Å². The number of hydrogen-bond donors (Lipinski definition) is 2. The zero-order valence-electron chi connectivity index (χ0n) is 17.6. The first-order valence-electron chi connectivity index (χ1n) is 9.73. The molecule has 0 aliphatic carbocycles. The van der Waals surface area contributed by atoms with Gasteiger partial charge in [0.15, 0.2) is 24.1 Å². The number of nitrogens with zero attached hydrogens (tertiary/aromatic N) is 2. The van der Waals surface area contributed by atoms with Crippen LogP contribution >= 0.6 is 0 Å². The SMILES string of the molecule is CN=C(NCc1cccc(OCC(N)=O)c1)N1CCc2cc(OC)c(OC)cc2C1. The average Bonchev–Trinajstić information content (AvgIpc) is 2.77. The first kappa shape index (κ1) is 21.3. The fourth-order valence-corrected chi connectivity index (χ4v) is 3.48. The summed E-state index contributed by atoms with van der Waals surface area (Å²) in [5, 5.41) is 3.40. The number of carbonyl (C=O) groups excluding carboxylic acids is 1. The summed E-state index contributed by atoms with van der Waals surface area (Å²) in [6.45, 7) is 2.02. The Balaban J connectivity index is 1.65. The van der Waals surface area contributed by atoms with E-state index in [1.807, 2.05) is 24.3 Å². The van der Waals surface area contributed by atoms with E-state index in [1.54, 1.807) is 27.3 Å². The van der Waals surface area contributed by atoms with Gasteiger partial charge in [-0.3, -0.25) is 9.79 Å². The molecule has 0 saturated heterocycles. The van der Waals surface area contributed by atoms with Crippen molar-refractivity contribution in [2.75, 3.05) is 34.4 Å². The second-order valence-corrected chi connectivity index (χ2v) is 6.95. The first-order valence-corrected chi connectivity index (χ1v) is 9.73. The summed E-state index contributed by atoms with van der Waals surface area (Å²) >= 11 is 0. The Kier molecular flexibility index (Phi) is 7.00. The van der Waals surface area contributed by atoms with Crippen LogP contribution in [0.5, 0.6) is 17.2 Å². The minimum atomic E-state index is -0.501. The van der Waals surface area contributed by atoms with Gasteiger partial charge in [-0.15, -0.1) is 0 Å². The molecule has 8 nitrogen and oxygen atoms in total.